The van der Waals surface area contributed by atoms with Crippen LogP contribution < -0.4 is 10.2 Å². The highest BCUT2D eigenvalue weighted by atomic mass is 32.2. The fraction of sp³-hybridized carbons (Fsp3) is 0.400. The number of rotatable bonds is 5. The van der Waals surface area contributed by atoms with Gasteiger partial charge in [0.1, 0.15) is 17.2 Å². The van der Waals surface area contributed by atoms with Crippen molar-refractivity contribution in [1.82, 2.24) is 9.97 Å². The van der Waals surface area contributed by atoms with E-state index in [-0.39, 0.29) is 54.3 Å². The van der Waals surface area contributed by atoms with Gasteiger partial charge >= 0.3 is 6.09 Å². The molecule has 3 heterocycles. The monoisotopic (exact) mass is 617 g/mol. The Labute approximate surface area is 249 Å². The summed E-state index contributed by atoms with van der Waals surface area (Å²) in [4.78, 5) is 36.6. The first-order valence-corrected chi connectivity index (χ1v) is 15.6. The van der Waals surface area contributed by atoms with E-state index in [2.05, 4.69) is 19.6 Å². The number of amides is 2. The van der Waals surface area contributed by atoms with Crippen molar-refractivity contribution in [3.63, 3.8) is 0 Å². The quantitative estimate of drug-likeness (QED) is 0.333. The normalized spacial score (nSPS) is 16.5. The van der Waals surface area contributed by atoms with Crippen LogP contribution in [0.1, 0.15) is 56.0 Å². The van der Waals surface area contributed by atoms with E-state index >= 15 is 0 Å². The largest absolute Gasteiger partial charge is 0.442 e. The molecule has 0 bridgehead atoms. The highest BCUT2D eigenvalue weighted by molar-refractivity contribution is 7.93. The zero-order valence-electron chi connectivity index (χ0n) is 24.6. The second-order valence-electron chi connectivity index (χ2n) is 11.4. The SMILES string of the molecule is Cc1c(-c2ccc(F)cn2)cnc(N2CCCC(F)(F)CC2)c1C(=O)Nc1cccc(S(C)(=O)=NC(=O)OC(C)(C)C)c1. The minimum atomic E-state index is -3.23. The van der Waals surface area contributed by atoms with Gasteiger partial charge in [-0.15, -0.1) is 4.36 Å². The molecule has 43 heavy (non-hydrogen) atoms. The Morgan fingerprint density at radius 1 is 1.09 bits per heavy atom. The van der Waals surface area contributed by atoms with Crippen molar-refractivity contribution >= 4 is 33.2 Å². The van der Waals surface area contributed by atoms with Gasteiger partial charge in [0.05, 0.1) is 27.2 Å². The summed E-state index contributed by atoms with van der Waals surface area (Å²) in [6.07, 6.45) is 2.42. The molecule has 0 radical (unpaired) electrons. The lowest BCUT2D eigenvalue weighted by Gasteiger charge is -2.26. The number of nitrogens with zero attached hydrogens (tertiary/aromatic N) is 4. The average molecular weight is 618 g/mol. The molecule has 13 heteroatoms. The van der Waals surface area contributed by atoms with Crippen LogP contribution in [0.4, 0.5) is 29.5 Å². The topological polar surface area (TPSA) is 114 Å². The number of carbonyl (C=O) groups is 2. The number of aromatic nitrogens is 2. The van der Waals surface area contributed by atoms with Gasteiger partial charge in [0.15, 0.2) is 0 Å². The Morgan fingerprint density at radius 3 is 2.51 bits per heavy atom. The van der Waals surface area contributed by atoms with Gasteiger partial charge < -0.3 is 15.0 Å². The molecule has 1 saturated heterocycles. The Morgan fingerprint density at radius 2 is 1.84 bits per heavy atom. The lowest BCUT2D eigenvalue weighted by molar-refractivity contribution is -0.0102. The number of halogens is 3. The second-order valence-corrected chi connectivity index (χ2v) is 13.7. The Balaban J connectivity index is 1.72. The van der Waals surface area contributed by atoms with Crippen molar-refractivity contribution in [2.24, 2.45) is 4.36 Å². The molecule has 4 rings (SSSR count). The average Bonchev–Trinajstić information content (AvgIpc) is 3.08. The summed E-state index contributed by atoms with van der Waals surface area (Å²) in [5, 5.41) is 2.78. The fourth-order valence-corrected chi connectivity index (χ4v) is 5.75. The molecule has 2 amide bonds. The van der Waals surface area contributed by atoms with Gasteiger partial charge in [0, 0.05) is 54.5 Å². The van der Waals surface area contributed by atoms with Gasteiger partial charge in [-0.1, -0.05) is 6.07 Å². The number of benzene rings is 1. The van der Waals surface area contributed by atoms with Crippen LogP contribution >= 0.6 is 0 Å². The lowest BCUT2D eigenvalue weighted by Crippen LogP contribution is -2.30. The molecule has 1 aromatic carbocycles. The van der Waals surface area contributed by atoms with Crippen molar-refractivity contribution in [3.8, 4) is 11.3 Å². The standard InChI is InChI=1S/C30H34F3N5O4S/c1-19-23(24-11-10-20(31)17-34-24)18-35-26(38-14-7-12-30(32,33)13-15-38)25(19)27(39)36-21-8-6-9-22(16-21)43(5,41)37-28(40)42-29(2,3)4/h6,8-11,16-18H,7,12-15H2,1-5H3,(H,36,39). The van der Waals surface area contributed by atoms with E-state index in [9.17, 15) is 27.0 Å². The number of pyridine rings is 2. The molecule has 1 atom stereocenters. The zero-order valence-corrected chi connectivity index (χ0v) is 25.4. The number of anilines is 2. The van der Waals surface area contributed by atoms with Crippen molar-refractivity contribution < 1.29 is 31.7 Å². The minimum Gasteiger partial charge on any atom is -0.442 e. The van der Waals surface area contributed by atoms with E-state index in [0.29, 0.717) is 16.8 Å². The molecule has 2 aromatic heterocycles. The van der Waals surface area contributed by atoms with Crippen molar-refractivity contribution in [3.05, 3.63) is 65.7 Å². The van der Waals surface area contributed by atoms with Gasteiger partial charge in [0.2, 0.25) is 5.92 Å². The Hall–Kier alpha value is -4.00. The third kappa shape index (κ3) is 8.09. The molecule has 9 nitrogen and oxygen atoms in total. The molecule has 1 aliphatic rings. The van der Waals surface area contributed by atoms with Crippen LogP contribution in [0, 0.1) is 12.7 Å². The summed E-state index contributed by atoms with van der Waals surface area (Å²) in [6.45, 7) is 6.94. The van der Waals surface area contributed by atoms with E-state index in [1.54, 1.807) is 44.7 Å². The molecule has 1 fully saturated rings. The number of nitrogens with one attached hydrogen (secondary N) is 1. The van der Waals surface area contributed by atoms with Crippen molar-refractivity contribution in [2.75, 3.05) is 29.6 Å². The fourth-order valence-electron chi connectivity index (χ4n) is 4.65. The number of ether oxygens (including phenoxy) is 1. The molecule has 1 aliphatic heterocycles. The van der Waals surface area contributed by atoms with Gasteiger partial charge in [-0.05, 0) is 70.0 Å². The number of alkyl halides is 2. The third-order valence-electron chi connectivity index (χ3n) is 6.74. The molecule has 230 valence electrons. The third-order valence-corrected chi connectivity index (χ3v) is 8.36. The summed E-state index contributed by atoms with van der Waals surface area (Å²) >= 11 is 0. The smallest absolute Gasteiger partial charge is 0.442 e. The van der Waals surface area contributed by atoms with Crippen LogP contribution in [-0.2, 0) is 14.5 Å². The second kappa shape index (κ2) is 12.3. The number of carbonyl (C=O) groups excluding carboxylic acids is 2. The van der Waals surface area contributed by atoms with Crippen LogP contribution in [0.2, 0.25) is 0 Å². The van der Waals surface area contributed by atoms with E-state index in [1.165, 1.54) is 36.7 Å². The van der Waals surface area contributed by atoms with Gasteiger partial charge in [-0.3, -0.25) is 9.78 Å². The lowest BCUT2D eigenvalue weighted by atomic mass is 10.0. The highest BCUT2D eigenvalue weighted by Crippen LogP contribution is 2.34. The van der Waals surface area contributed by atoms with Crippen molar-refractivity contribution in [2.45, 2.75) is 63.4 Å². The molecule has 1 N–H and O–H groups in total. The maximum Gasteiger partial charge on any atom is 0.442 e. The van der Waals surface area contributed by atoms with Gasteiger partial charge in [-0.2, -0.15) is 0 Å². The zero-order chi connectivity index (χ0) is 31.6. The summed E-state index contributed by atoms with van der Waals surface area (Å²) in [5.41, 5.74) is 0.885. The maximum absolute atomic E-state index is 14.2. The van der Waals surface area contributed by atoms with E-state index in [1.807, 2.05) is 0 Å². The number of hydrogen-bond donors (Lipinski definition) is 1. The van der Waals surface area contributed by atoms with E-state index in [0.717, 1.165) is 6.20 Å². The molecule has 3 aromatic rings. The highest BCUT2D eigenvalue weighted by Gasteiger charge is 2.34. The molecule has 0 saturated carbocycles. The summed E-state index contributed by atoms with van der Waals surface area (Å²) in [6, 6.07) is 8.78. The van der Waals surface area contributed by atoms with Crippen LogP contribution in [0.5, 0.6) is 0 Å². The summed E-state index contributed by atoms with van der Waals surface area (Å²) in [5.74, 6) is -3.71. The first-order valence-electron chi connectivity index (χ1n) is 13.7. The van der Waals surface area contributed by atoms with Crippen molar-refractivity contribution in [1.29, 1.82) is 0 Å². The van der Waals surface area contributed by atoms with Crippen LogP contribution in [0.3, 0.4) is 0 Å². The van der Waals surface area contributed by atoms with E-state index in [4.69, 9.17) is 4.74 Å². The molecule has 0 aliphatic carbocycles. The van der Waals surface area contributed by atoms with Crippen LogP contribution in [-0.4, -0.2) is 57.0 Å². The number of hydrogen-bond acceptors (Lipinski definition) is 7. The Kier molecular flexibility index (Phi) is 9.14. The van der Waals surface area contributed by atoms with Gasteiger partial charge in [-0.25, -0.2) is 27.2 Å². The molecular formula is C30H34F3N5O4S. The molecule has 0 spiro atoms. The van der Waals surface area contributed by atoms with Crippen LogP contribution in [0.25, 0.3) is 11.3 Å². The first kappa shape index (κ1) is 31.9. The minimum absolute atomic E-state index is 0.00653. The van der Waals surface area contributed by atoms with Crippen LogP contribution in [0.15, 0.2) is 58.1 Å². The molecular weight excluding hydrogens is 583 g/mol. The maximum atomic E-state index is 14.2. The Bertz CT molecular complexity index is 1650. The summed E-state index contributed by atoms with van der Waals surface area (Å²) < 4.78 is 64.1. The predicted octanol–water partition coefficient (Wildman–Crippen LogP) is 6.86. The summed E-state index contributed by atoms with van der Waals surface area (Å²) in [7, 11) is -3.23. The molecule has 1 unspecified atom stereocenters. The van der Waals surface area contributed by atoms with Gasteiger partial charge in [0.25, 0.3) is 5.91 Å². The van der Waals surface area contributed by atoms with E-state index < -0.39 is 39.1 Å². The first-order chi connectivity index (χ1) is 20.0. The predicted molar refractivity (Wildman–Crippen MR) is 159 cm³/mol.